The van der Waals surface area contributed by atoms with Gasteiger partial charge in [-0.15, -0.1) is 0 Å². The molecule has 1 aliphatic carbocycles. The van der Waals surface area contributed by atoms with Gasteiger partial charge in [-0.25, -0.2) is 0 Å². The molecule has 1 saturated heterocycles. The fraction of sp³-hybridized carbons (Fsp3) is 0.385. The minimum absolute atomic E-state index is 0.0321. The van der Waals surface area contributed by atoms with E-state index >= 15 is 0 Å². The Morgan fingerprint density at radius 1 is 1.12 bits per heavy atom. The summed E-state index contributed by atoms with van der Waals surface area (Å²) in [6, 6.07) is 8.02. The molecule has 2 N–H and O–H groups in total. The van der Waals surface area contributed by atoms with Gasteiger partial charge in [-0.05, 0) is 42.8 Å². The average Bonchev–Trinajstić information content (AvgIpc) is 3.68. The van der Waals surface area contributed by atoms with E-state index in [1.54, 1.807) is 0 Å². The molecule has 0 bridgehead atoms. The summed E-state index contributed by atoms with van der Waals surface area (Å²) in [4.78, 5) is 24.4. The molecule has 0 aromatic heterocycles. The summed E-state index contributed by atoms with van der Waals surface area (Å²) in [6.07, 6.45) is 12.5. The van der Waals surface area contributed by atoms with E-state index in [0.717, 1.165) is 54.6 Å². The van der Waals surface area contributed by atoms with Crippen molar-refractivity contribution in [2.45, 2.75) is 19.0 Å². The molecule has 7 nitrogen and oxygen atoms in total. The molecule has 6 rings (SSSR count). The quantitative estimate of drug-likeness (QED) is 0.684. The molecule has 0 radical (unpaired) electrons. The third kappa shape index (κ3) is 4.26. The Kier molecular flexibility index (Phi) is 5.67. The maximum absolute atomic E-state index is 12.9. The van der Waals surface area contributed by atoms with Gasteiger partial charge in [0.15, 0.2) is 0 Å². The Morgan fingerprint density at radius 3 is 2.62 bits per heavy atom. The molecule has 1 amide bonds. The first-order valence-electron chi connectivity index (χ1n) is 12.1. The molecule has 4 aliphatic heterocycles. The highest BCUT2D eigenvalue weighted by Gasteiger charge is 2.36. The third-order valence-corrected chi connectivity index (χ3v) is 7.31. The van der Waals surface area contributed by atoms with E-state index < -0.39 is 0 Å². The minimum Gasteiger partial charge on any atom is -0.387 e. The first kappa shape index (κ1) is 21.5. The second kappa shape index (κ2) is 8.96. The number of benzene rings is 1. The zero-order valence-corrected chi connectivity index (χ0v) is 19.8. The van der Waals surface area contributed by atoms with E-state index in [1.165, 1.54) is 24.2 Å². The van der Waals surface area contributed by atoms with Crippen LogP contribution < -0.4 is 10.6 Å². The summed E-state index contributed by atoms with van der Waals surface area (Å²) in [6.45, 7) is 4.71. The lowest BCUT2D eigenvalue weighted by Crippen LogP contribution is -2.50. The lowest BCUT2D eigenvalue weighted by Gasteiger charge is -2.36. The molecule has 1 aromatic rings. The fourth-order valence-electron chi connectivity index (χ4n) is 4.93. The van der Waals surface area contributed by atoms with Crippen molar-refractivity contribution >= 4 is 29.4 Å². The SMILES string of the molecule is O=C(C1=CCNC=C1)N1CCN(CC2=C(c3ccc(Cl)cc3)NC3C=NC(C4CC4)=CN23)CC1. The number of allylic oxidation sites excluding steroid dienone is 1. The third-order valence-electron chi connectivity index (χ3n) is 7.06. The Morgan fingerprint density at radius 2 is 1.91 bits per heavy atom. The van der Waals surface area contributed by atoms with Crippen LogP contribution in [0.1, 0.15) is 18.4 Å². The van der Waals surface area contributed by atoms with Crippen LogP contribution in [0.25, 0.3) is 5.70 Å². The van der Waals surface area contributed by atoms with Crippen molar-refractivity contribution in [3.05, 3.63) is 76.4 Å². The van der Waals surface area contributed by atoms with Gasteiger partial charge in [-0.1, -0.05) is 29.8 Å². The molecule has 0 spiro atoms. The Hall–Kier alpha value is -3.03. The number of aliphatic imine (C=N–C) groups is 1. The molecule has 4 heterocycles. The largest absolute Gasteiger partial charge is 0.387 e. The second-order valence-electron chi connectivity index (χ2n) is 9.40. The van der Waals surface area contributed by atoms with Gasteiger partial charge in [0.2, 0.25) is 0 Å². The molecular weight excluding hydrogens is 448 g/mol. The molecule has 1 atom stereocenters. The van der Waals surface area contributed by atoms with E-state index in [1.807, 2.05) is 41.6 Å². The van der Waals surface area contributed by atoms with Crippen LogP contribution in [0, 0.1) is 5.92 Å². The van der Waals surface area contributed by atoms with Gasteiger partial charge in [0.1, 0.15) is 6.17 Å². The van der Waals surface area contributed by atoms with Crippen molar-refractivity contribution in [3.63, 3.8) is 0 Å². The molecular formula is C26H29ClN6O. The number of carbonyl (C=O) groups excluding carboxylic acids is 1. The van der Waals surface area contributed by atoms with E-state index in [9.17, 15) is 4.79 Å². The molecule has 5 aliphatic rings. The monoisotopic (exact) mass is 476 g/mol. The molecule has 176 valence electrons. The van der Waals surface area contributed by atoms with Crippen LogP contribution in [0.4, 0.5) is 0 Å². The van der Waals surface area contributed by atoms with Crippen molar-refractivity contribution in [1.82, 2.24) is 25.3 Å². The Balaban J connectivity index is 1.20. The lowest BCUT2D eigenvalue weighted by atomic mass is 10.1. The van der Waals surface area contributed by atoms with E-state index in [-0.39, 0.29) is 12.1 Å². The molecule has 1 unspecified atom stereocenters. The van der Waals surface area contributed by atoms with Crippen LogP contribution in [-0.4, -0.2) is 72.3 Å². The topological polar surface area (TPSA) is 63.2 Å². The van der Waals surface area contributed by atoms with Gasteiger partial charge < -0.3 is 20.4 Å². The van der Waals surface area contributed by atoms with Crippen LogP contribution in [0.5, 0.6) is 0 Å². The second-order valence-corrected chi connectivity index (χ2v) is 9.84. The summed E-state index contributed by atoms with van der Waals surface area (Å²) in [5.74, 6) is 0.733. The number of carbonyl (C=O) groups is 1. The number of piperazine rings is 1. The van der Waals surface area contributed by atoms with Crippen molar-refractivity contribution in [3.8, 4) is 0 Å². The lowest BCUT2D eigenvalue weighted by molar-refractivity contribution is -0.128. The van der Waals surface area contributed by atoms with Crippen molar-refractivity contribution < 1.29 is 4.79 Å². The standard InChI is InChI=1S/C26H29ClN6O/c27-21-5-3-19(4-6-21)25-23(33-16-22(18-1-2-18)29-15-24(33)30-25)17-31-11-13-32(14-12-31)26(34)20-7-9-28-10-8-20/h3-9,15-16,18,24,28,30H,1-2,10-14,17H2. The summed E-state index contributed by atoms with van der Waals surface area (Å²) in [7, 11) is 0. The number of rotatable bonds is 5. The summed E-state index contributed by atoms with van der Waals surface area (Å²) < 4.78 is 0. The molecule has 1 saturated carbocycles. The summed E-state index contributed by atoms with van der Waals surface area (Å²) in [5, 5.41) is 7.51. The summed E-state index contributed by atoms with van der Waals surface area (Å²) in [5.41, 5.74) is 5.48. The molecule has 2 fully saturated rings. The van der Waals surface area contributed by atoms with E-state index in [2.05, 4.69) is 38.8 Å². The van der Waals surface area contributed by atoms with Crippen LogP contribution in [0.3, 0.4) is 0 Å². The van der Waals surface area contributed by atoms with Crippen LogP contribution >= 0.6 is 11.6 Å². The highest BCUT2D eigenvalue weighted by molar-refractivity contribution is 6.30. The van der Waals surface area contributed by atoms with Gasteiger partial charge in [-0.3, -0.25) is 14.7 Å². The molecule has 34 heavy (non-hydrogen) atoms. The fourth-order valence-corrected chi connectivity index (χ4v) is 5.06. The van der Waals surface area contributed by atoms with Crippen LogP contribution in [0.2, 0.25) is 5.02 Å². The Labute approximate surface area is 205 Å². The highest BCUT2D eigenvalue weighted by Crippen LogP contribution is 2.40. The van der Waals surface area contributed by atoms with E-state index in [0.29, 0.717) is 12.5 Å². The zero-order valence-electron chi connectivity index (χ0n) is 19.1. The van der Waals surface area contributed by atoms with Gasteiger partial charge in [0.25, 0.3) is 5.91 Å². The maximum atomic E-state index is 12.9. The average molecular weight is 477 g/mol. The van der Waals surface area contributed by atoms with Crippen molar-refractivity contribution in [2.75, 3.05) is 39.3 Å². The molecule has 8 heteroatoms. The minimum atomic E-state index is 0.0321. The first-order valence-corrected chi connectivity index (χ1v) is 12.4. The predicted molar refractivity (Wildman–Crippen MR) is 135 cm³/mol. The number of fused-ring (bicyclic) bond motifs is 1. The number of nitrogens with one attached hydrogen (secondary N) is 2. The zero-order chi connectivity index (χ0) is 23.1. The Bertz CT molecular complexity index is 1120. The summed E-state index contributed by atoms with van der Waals surface area (Å²) >= 11 is 6.16. The number of dihydropyridines is 1. The number of nitrogens with zero attached hydrogens (tertiary/aromatic N) is 4. The van der Waals surface area contributed by atoms with Gasteiger partial charge in [0.05, 0.1) is 17.1 Å². The number of amides is 1. The van der Waals surface area contributed by atoms with E-state index in [4.69, 9.17) is 16.6 Å². The number of halogens is 1. The maximum Gasteiger partial charge on any atom is 0.253 e. The van der Waals surface area contributed by atoms with Gasteiger partial charge >= 0.3 is 0 Å². The highest BCUT2D eigenvalue weighted by atomic mass is 35.5. The smallest absolute Gasteiger partial charge is 0.253 e. The van der Waals surface area contributed by atoms with Crippen molar-refractivity contribution in [2.24, 2.45) is 10.9 Å². The van der Waals surface area contributed by atoms with Crippen LogP contribution in [-0.2, 0) is 4.79 Å². The van der Waals surface area contributed by atoms with Gasteiger partial charge in [0, 0.05) is 68.2 Å². The van der Waals surface area contributed by atoms with Crippen LogP contribution in [0.15, 0.2) is 70.8 Å². The number of hydrogen-bond donors (Lipinski definition) is 2. The normalized spacial score (nSPS) is 24.4. The number of hydrogen-bond acceptors (Lipinski definition) is 6. The van der Waals surface area contributed by atoms with Gasteiger partial charge in [-0.2, -0.15) is 0 Å². The predicted octanol–water partition coefficient (Wildman–Crippen LogP) is 2.76. The van der Waals surface area contributed by atoms with Crippen molar-refractivity contribution in [1.29, 1.82) is 0 Å². The molecule has 1 aromatic carbocycles. The first-order chi connectivity index (χ1) is 16.7.